The molecule has 0 spiro atoms. The van der Waals surface area contributed by atoms with E-state index in [4.69, 9.17) is 6.57 Å². The Kier molecular flexibility index (Phi) is 2.83. The molecule has 17 heavy (non-hydrogen) atoms. The maximum atomic E-state index is 11.2. The zero-order valence-corrected chi connectivity index (χ0v) is 8.99. The summed E-state index contributed by atoms with van der Waals surface area (Å²) in [6.45, 7) is 6.90. The molecule has 0 aliphatic heterocycles. The molecular weight excluding hydrogens is 220 g/mol. The van der Waals surface area contributed by atoms with E-state index in [9.17, 15) is 4.79 Å². The maximum Gasteiger partial charge on any atom is 0.337 e. The number of hydrogen-bond donors (Lipinski definition) is 0. The van der Waals surface area contributed by atoms with Gasteiger partial charge in [0.05, 0.1) is 19.2 Å². The highest BCUT2D eigenvalue weighted by Gasteiger charge is 2.11. The first-order chi connectivity index (χ1) is 8.26. The van der Waals surface area contributed by atoms with Crippen molar-refractivity contribution >= 4 is 23.2 Å². The Morgan fingerprint density at radius 2 is 2.29 bits per heavy atom. The molecule has 0 aliphatic carbocycles. The largest absolute Gasteiger partial charge is 0.474 e. The van der Waals surface area contributed by atoms with Crippen LogP contribution in [0.3, 0.4) is 0 Å². The first kappa shape index (κ1) is 10.8. The number of rotatable bonds is 2. The minimum Gasteiger partial charge on any atom is -0.474 e. The normalized spacial score (nSPS) is 11.2. The van der Waals surface area contributed by atoms with Crippen molar-refractivity contribution in [1.82, 2.24) is 15.0 Å². The van der Waals surface area contributed by atoms with E-state index in [0.29, 0.717) is 5.52 Å². The summed E-state index contributed by atoms with van der Waals surface area (Å²) in [5.74, 6) is -0.695. The minimum absolute atomic E-state index is 0.150. The fourth-order valence-electron chi connectivity index (χ4n) is 1.33. The van der Waals surface area contributed by atoms with Gasteiger partial charge >= 0.3 is 5.97 Å². The number of carbonyl (C=O) groups excluding carboxylic acids is 1. The number of methoxy groups -OCH3 is 1. The van der Waals surface area contributed by atoms with E-state index < -0.39 is 5.97 Å². The number of benzene rings is 1. The van der Waals surface area contributed by atoms with Gasteiger partial charge in [-0.1, -0.05) is 17.3 Å². The van der Waals surface area contributed by atoms with Gasteiger partial charge in [-0.15, -0.1) is 5.10 Å². The van der Waals surface area contributed by atoms with Crippen molar-refractivity contribution in [3.8, 4) is 0 Å². The predicted octanol–water partition coefficient (Wildman–Crippen LogP) is 1.32. The number of aromatic nitrogens is 3. The van der Waals surface area contributed by atoms with Crippen molar-refractivity contribution in [1.29, 1.82) is 0 Å². The molecule has 0 amide bonds. The molecule has 0 N–H and O–H groups in total. The Bertz CT molecular complexity index is 636. The van der Waals surface area contributed by atoms with Crippen LogP contribution in [0.25, 0.3) is 22.1 Å². The van der Waals surface area contributed by atoms with Crippen LogP contribution in [0.5, 0.6) is 0 Å². The molecule has 6 nitrogen and oxygen atoms in total. The van der Waals surface area contributed by atoms with Gasteiger partial charge in [0.2, 0.25) is 0 Å². The highest BCUT2D eigenvalue weighted by molar-refractivity contribution is 5.94. The molecule has 2 aromatic rings. The molecule has 0 radical (unpaired) electrons. The van der Waals surface area contributed by atoms with Crippen molar-refractivity contribution < 1.29 is 9.53 Å². The molecule has 6 heteroatoms. The summed E-state index contributed by atoms with van der Waals surface area (Å²) in [6.07, 6.45) is 1.30. The Morgan fingerprint density at radius 3 is 3.00 bits per heavy atom. The van der Waals surface area contributed by atoms with Crippen LogP contribution in [0, 0.1) is 6.57 Å². The first-order valence-electron chi connectivity index (χ1n) is 4.74. The lowest BCUT2D eigenvalue weighted by atomic mass is 10.3. The maximum absolute atomic E-state index is 11.2. The second-order valence-corrected chi connectivity index (χ2v) is 3.14. The van der Waals surface area contributed by atoms with Crippen molar-refractivity contribution in [3.63, 3.8) is 0 Å². The summed E-state index contributed by atoms with van der Waals surface area (Å²) < 4.78 is 5.86. The molecule has 1 aromatic carbocycles. The van der Waals surface area contributed by atoms with E-state index in [1.165, 1.54) is 18.0 Å². The van der Waals surface area contributed by atoms with Gasteiger partial charge in [0, 0.05) is 6.20 Å². The second-order valence-electron chi connectivity index (χ2n) is 3.14. The molecule has 1 heterocycles. The van der Waals surface area contributed by atoms with Crippen LogP contribution in [0.2, 0.25) is 0 Å². The summed E-state index contributed by atoms with van der Waals surface area (Å²) in [4.78, 5) is 14.3. The zero-order valence-electron chi connectivity index (χ0n) is 8.99. The molecule has 1 aromatic heterocycles. The van der Waals surface area contributed by atoms with E-state index in [1.807, 2.05) is 12.1 Å². The molecule has 0 aliphatic rings. The van der Waals surface area contributed by atoms with Crippen LogP contribution < -0.4 is 0 Å². The molecule has 2 rings (SSSR count). The number of nitrogens with zero attached hydrogens (tertiary/aromatic N) is 4. The number of hydrogen-bond acceptors (Lipinski definition) is 4. The third kappa shape index (κ3) is 1.99. The zero-order chi connectivity index (χ0) is 12.3. The van der Waals surface area contributed by atoms with Crippen molar-refractivity contribution in [2.75, 3.05) is 7.11 Å². The average Bonchev–Trinajstić information content (AvgIpc) is 2.78. The van der Waals surface area contributed by atoms with E-state index >= 15 is 0 Å². The average molecular weight is 228 g/mol. The van der Waals surface area contributed by atoms with Crippen LogP contribution in [0.15, 0.2) is 30.0 Å². The van der Waals surface area contributed by atoms with Crippen LogP contribution in [0.1, 0.15) is 0 Å². The van der Waals surface area contributed by atoms with Crippen LogP contribution >= 0.6 is 0 Å². The van der Waals surface area contributed by atoms with E-state index in [0.717, 1.165) is 5.52 Å². The smallest absolute Gasteiger partial charge is 0.337 e. The SMILES string of the molecule is [C-]#[N+]C(=Cn1nnc2ccccc21)C(=O)OC. The van der Waals surface area contributed by atoms with Gasteiger partial charge < -0.3 is 4.74 Å². The number of esters is 1. The fourth-order valence-corrected chi connectivity index (χ4v) is 1.33. The van der Waals surface area contributed by atoms with Crippen LogP contribution in [0.4, 0.5) is 0 Å². The lowest BCUT2D eigenvalue weighted by Gasteiger charge is -1.97. The van der Waals surface area contributed by atoms with Crippen molar-refractivity contribution in [3.05, 3.63) is 41.4 Å². The van der Waals surface area contributed by atoms with Crippen molar-refractivity contribution in [2.24, 2.45) is 0 Å². The lowest BCUT2D eigenvalue weighted by Crippen LogP contribution is -2.03. The predicted molar refractivity (Wildman–Crippen MR) is 60.4 cm³/mol. The second kappa shape index (κ2) is 4.45. The topological polar surface area (TPSA) is 61.4 Å². The molecule has 0 unspecified atom stereocenters. The van der Waals surface area contributed by atoms with Crippen LogP contribution in [-0.2, 0) is 9.53 Å². The number of ether oxygens (including phenoxy) is 1. The first-order valence-corrected chi connectivity index (χ1v) is 4.74. The van der Waals surface area contributed by atoms with Crippen molar-refractivity contribution in [2.45, 2.75) is 0 Å². The molecule has 0 fully saturated rings. The molecule has 0 bridgehead atoms. The Hall–Kier alpha value is -2.68. The molecule has 0 atom stereocenters. The van der Waals surface area contributed by atoms with E-state index in [-0.39, 0.29) is 5.70 Å². The highest BCUT2D eigenvalue weighted by atomic mass is 16.5. The lowest BCUT2D eigenvalue weighted by molar-refractivity contribution is -0.135. The van der Waals surface area contributed by atoms with E-state index in [2.05, 4.69) is 19.9 Å². The third-order valence-corrected chi connectivity index (χ3v) is 2.14. The molecule has 0 saturated heterocycles. The van der Waals surface area contributed by atoms with Crippen LogP contribution in [-0.4, -0.2) is 28.1 Å². The highest BCUT2D eigenvalue weighted by Crippen LogP contribution is 2.11. The quantitative estimate of drug-likeness (QED) is 0.442. The number of carbonyl (C=O) groups is 1. The summed E-state index contributed by atoms with van der Waals surface area (Å²) in [6, 6.07) is 7.25. The van der Waals surface area contributed by atoms with Gasteiger partial charge in [-0.25, -0.2) is 9.53 Å². The van der Waals surface area contributed by atoms with Gasteiger partial charge in [-0.2, -0.15) is 0 Å². The minimum atomic E-state index is -0.695. The summed E-state index contributed by atoms with van der Waals surface area (Å²) >= 11 is 0. The third-order valence-electron chi connectivity index (χ3n) is 2.14. The summed E-state index contributed by atoms with van der Waals surface area (Å²) in [5, 5.41) is 7.74. The number of fused-ring (bicyclic) bond motifs is 1. The summed E-state index contributed by atoms with van der Waals surface area (Å²) in [7, 11) is 1.22. The van der Waals surface area contributed by atoms with Gasteiger partial charge in [0.25, 0.3) is 5.70 Å². The summed E-state index contributed by atoms with van der Waals surface area (Å²) in [5.41, 5.74) is 1.26. The molecule has 84 valence electrons. The Labute approximate surface area is 96.9 Å². The monoisotopic (exact) mass is 228 g/mol. The van der Waals surface area contributed by atoms with E-state index in [1.54, 1.807) is 12.1 Å². The Morgan fingerprint density at radius 1 is 1.53 bits per heavy atom. The van der Waals surface area contributed by atoms with Gasteiger partial charge in [0.1, 0.15) is 5.52 Å². The Balaban J connectivity index is 2.51. The number of para-hydroxylation sites is 1. The molecule has 0 saturated carbocycles. The van der Waals surface area contributed by atoms with Gasteiger partial charge in [-0.3, -0.25) is 4.79 Å². The fraction of sp³-hybridized carbons (Fsp3) is 0.0909. The van der Waals surface area contributed by atoms with Gasteiger partial charge in [0.15, 0.2) is 0 Å². The van der Waals surface area contributed by atoms with Gasteiger partial charge in [-0.05, 0) is 12.1 Å². The molecular formula is C11H8N4O2. The standard InChI is InChI=1S/C11H8N4O2/c1-12-9(11(16)17-2)7-15-10-6-4-3-5-8(10)13-14-15/h3-7H,2H3.